The van der Waals surface area contributed by atoms with Crippen molar-refractivity contribution >= 4 is 5.97 Å². The van der Waals surface area contributed by atoms with Crippen LogP contribution in [0, 0.1) is 0 Å². The summed E-state index contributed by atoms with van der Waals surface area (Å²) in [6.45, 7) is 2.13. The molecule has 0 spiro atoms. The number of hydrogen-bond acceptors (Lipinski definition) is 4. The Hall–Kier alpha value is -1.45. The van der Waals surface area contributed by atoms with Gasteiger partial charge in [-0.2, -0.15) is 10.2 Å². The molecule has 0 aliphatic heterocycles. The Bertz CT molecular complexity index is 240. The van der Waals surface area contributed by atoms with Gasteiger partial charge in [0.05, 0.1) is 24.6 Å². The number of rotatable bonds is 2. The Balaban J connectivity index is 0.00000121. The molecule has 11 heavy (non-hydrogen) atoms. The fraction of sp³-hybridized carbons (Fsp3) is 0.286. The molecule has 0 saturated carbocycles. The van der Waals surface area contributed by atoms with E-state index in [9.17, 15) is 4.79 Å². The van der Waals surface area contributed by atoms with Gasteiger partial charge >= 0.3 is 7.40 Å². The summed E-state index contributed by atoms with van der Waals surface area (Å²) in [6, 6.07) is 1.56. The van der Waals surface area contributed by atoms with Crippen LogP contribution in [0.25, 0.3) is 0 Å². The highest BCUT2D eigenvalue weighted by Crippen LogP contribution is 1.96. The zero-order chi connectivity index (χ0) is 8.10. The number of aromatic nitrogens is 2. The van der Waals surface area contributed by atoms with Crippen LogP contribution in [-0.4, -0.2) is 22.8 Å². The molecule has 4 nitrogen and oxygen atoms in total. The topological polar surface area (TPSA) is 52.1 Å². The first kappa shape index (κ1) is 7.65. The van der Waals surface area contributed by atoms with Crippen LogP contribution < -0.4 is 0 Å². The van der Waals surface area contributed by atoms with Crippen LogP contribution in [0.2, 0.25) is 0 Å². The molecule has 0 radical (unpaired) electrons. The normalized spacial score (nSPS) is 9.18. The van der Waals surface area contributed by atoms with Crippen LogP contribution in [0.5, 0.6) is 0 Å². The Morgan fingerprint density at radius 3 is 3.09 bits per heavy atom. The van der Waals surface area contributed by atoms with Crippen molar-refractivity contribution in [1.82, 2.24) is 10.2 Å². The first-order valence-corrected chi connectivity index (χ1v) is 3.28. The third kappa shape index (κ3) is 2.00. The van der Waals surface area contributed by atoms with E-state index in [2.05, 4.69) is 10.2 Å². The summed E-state index contributed by atoms with van der Waals surface area (Å²) in [5.41, 5.74) is 0.432. The Morgan fingerprint density at radius 2 is 2.55 bits per heavy atom. The average Bonchev–Trinajstić information content (AvgIpc) is 2.07. The second kappa shape index (κ2) is 3.65. The first-order valence-electron chi connectivity index (χ1n) is 3.28. The monoisotopic (exact) mass is 153 g/mol. The van der Waals surface area contributed by atoms with Gasteiger partial charge in [0, 0.05) is 0 Å². The van der Waals surface area contributed by atoms with Gasteiger partial charge in [-0.25, -0.2) is 4.79 Å². The van der Waals surface area contributed by atoms with E-state index in [0.717, 1.165) is 0 Å². The molecule has 0 saturated heterocycles. The Kier molecular flexibility index (Phi) is 2.54. The number of carbonyl (C=O) groups is 1. The fourth-order valence-electron chi connectivity index (χ4n) is 0.626. The van der Waals surface area contributed by atoms with E-state index in [1.807, 2.05) is 0 Å². The van der Waals surface area contributed by atoms with Gasteiger partial charge in [0.25, 0.3) is 0 Å². The van der Waals surface area contributed by atoms with E-state index in [-0.39, 0.29) is 7.40 Å². The second-order valence-corrected chi connectivity index (χ2v) is 1.85. The van der Waals surface area contributed by atoms with E-state index in [1.54, 1.807) is 13.0 Å². The Morgan fingerprint density at radius 1 is 1.73 bits per heavy atom. The lowest BCUT2D eigenvalue weighted by Gasteiger charge is -1.98. The van der Waals surface area contributed by atoms with Crippen LogP contribution in [-0.2, 0) is 4.74 Å². The third-order valence-electron chi connectivity index (χ3n) is 1.10. The van der Waals surface area contributed by atoms with Crippen molar-refractivity contribution in [2.45, 2.75) is 6.92 Å². The van der Waals surface area contributed by atoms with Gasteiger partial charge in [0.2, 0.25) is 0 Å². The highest BCUT2D eigenvalue weighted by molar-refractivity contribution is 5.88. The smallest absolute Gasteiger partial charge is 0.462 e. The van der Waals surface area contributed by atoms with Gasteiger partial charge in [-0.1, -0.05) is 0 Å². The highest BCUT2D eigenvalue weighted by Gasteiger charge is 2.03. The SMILES string of the molecule is CCOC(=O)c1ccnnc1.[H+]. The summed E-state index contributed by atoms with van der Waals surface area (Å²) in [4.78, 5) is 11.0. The zero-order valence-corrected chi connectivity index (χ0v) is 6.15. The molecule has 1 aromatic rings. The van der Waals surface area contributed by atoms with Crippen LogP contribution in [0.4, 0.5) is 0 Å². The molecule has 0 bridgehead atoms. The van der Waals surface area contributed by atoms with Gasteiger partial charge in [-0.3, -0.25) is 0 Å². The van der Waals surface area contributed by atoms with E-state index in [0.29, 0.717) is 12.2 Å². The van der Waals surface area contributed by atoms with E-state index < -0.39 is 0 Å². The van der Waals surface area contributed by atoms with Crippen molar-refractivity contribution in [3.05, 3.63) is 24.0 Å². The van der Waals surface area contributed by atoms with Crippen molar-refractivity contribution in [2.24, 2.45) is 0 Å². The molecule has 1 rings (SSSR count). The number of nitrogens with zero attached hydrogens (tertiary/aromatic N) is 2. The van der Waals surface area contributed by atoms with Crippen molar-refractivity contribution in [1.29, 1.82) is 0 Å². The van der Waals surface area contributed by atoms with E-state index >= 15 is 0 Å². The lowest BCUT2D eigenvalue weighted by Crippen LogP contribution is -2.04. The summed E-state index contributed by atoms with van der Waals surface area (Å²) in [6.07, 6.45) is 2.82. The van der Waals surface area contributed by atoms with Crippen LogP contribution in [0.3, 0.4) is 0 Å². The largest absolute Gasteiger partial charge is 1.00 e. The lowest BCUT2D eigenvalue weighted by molar-refractivity contribution is 0.0525. The van der Waals surface area contributed by atoms with Gasteiger partial charge in [0.1, 0.15) is 0 Å². The maximum absolute atomic E-state index is 11.0. The fourth-order valence-corrected chi connectivity index (χ4v) is 0.626. The second-order valence-electron chi connectivity index (χ2n) is 1.85. The van der Waals surface area contributed by atoms with E-state index in [1.165, 1.54) is 12.4 Å². The summed E-state index contributed by atoms with van der Waals surface area (Å²) < 4.78 is 4.72. The van der Waals surface area contributed by atoms with Gasteiger partial charge in [0.15, 0.2) is 0 Å². The molecule has 0 atom stereocenters. The molecule has 0 aliphatic rings. The minimum absolute atomic E-state index is 0. The minimum atomic E-state index is -0.359. The zero-order valence-electron chi connectivity index (χ0n) is 7.15. The number of esters is 1. The molecule has 0 amide bonds. The van der Waals surface area contributed by atoms with Gasteiger partial charge < -0.3 is 4.74 Å². The first-order chi connectivity index (χ1) is 5.34. The molecule has 0 unspecified atom stereocenters. The molecule has 58 valence electrons. The molecule has 0 aromatic carbocycles. The minimum Gasteiger partial charge on any atom is -0.462 e. The summed E-state index contributed by atoms with van der Waals surface area (Å²) in [5, 5.41) is 7.07. The van der Waals surface area contributed by atoms with E-state index in [4.69, 9.17) is 4.74 Å². The van der Waals surface area contributed by atoms with Crippen LogP contribution in [0.15, 0.2) is 18.5 Å². The van der Waals surface area contributed by atoms with Crippen molar-refractivity contribution < 1.29 is 11.0 Å². The molecule has 4 heteroatoms. The molecular weight excluding hydrogens is 144 g/mol. The summed E-state index contributed by atoms with van der Waals surface area (Å²) in [7, 11) is 0. The maximum Gasteiger partial charge on any atom is 1.00 e. The maximum atomic E-state index is 11.0. The Labute approximate surface area is 65.7 Å². The predicted octanol–water partition coefficient (Wildman–Crippen LogP) is 0.766. The van der Waals surface area contributed by atoms with Crippen LogP contribution in [0.1, 0.15) is 18.7 Å². The summed E-state index contributed by atoms with van der Waals surface area (Å²) >= 11 is 0. The predicted molar refractivity (Wildman–Crippen MR) is 39.1 cm³/mol. The van der Waals surface area contributed by atoms with Crippen molar-refractivity contribution in [3.8, 4) is 0 Å². The molecule has 0 fully saturated rings. The quantitative estimate of drug-likeness (QED) is 0.589. The molecule has 0 N–H and O–H groups in total. The number of ether oxygens (including phenoxy) is 1. The molecule has 0 aliphatic carbocycles. The lowest BCUT2D eigenvalue weighted by atomic mass is 10.3. The molecule has 1 aromatic heterocycles. The molecular formula is C7H9N2O2+. The standard InChI is InChI=1S/C7H8N2O2/c1-2-11-7(10)6-3-4-8-9-5-6/h3-5H,2H2,1H3/p+1. The van der Waals surface area contributed by atoms with Gasteiger partial charge in [-0.05, 0) is 13.0 Å². The highest BCUT2D eigenvalue weighted by atomic mass is 16.5. The van der Waals surface area contributed by atoms with Crippen LogP contribution >= 0.6 is 0 Å². The third-order valence-corrected chi connectivity index (χ3v) is 1.10. The van der Waals surface area contributed by atoms with Crippen molar-refractivity contribution in [2.75, 3.05) is 6.61 Å². The average molecular weight is 153 g/mol. The summed E-state index contributed by atoms with van der Waals surface area (Å²) in [5.74, 6) is -0.359. The van der Waals surface area contributed by atoms with Crippen molar-refractivity contribution in [3.63, 3.8) is 0 Å². The number of carbonyl (C=O) groups excluding carboxylic acids is 1. The number of hydrogen-bond donors (Lipinski definition) is 0. The van der Waals surface area contributed by atoms with Gasteiger partial charge in [-0.15, -0.1) is 0 Å². The molecule has 1 heterocycles.